The van der Waals surface area contributed by atoms with Gasteiger partial charge in [0.2, 0.25) is 5.95 Å². The van der Waals surface area contributed by atoms with Gasteiger partial charge in [0.15, 0.2) is 5.82 Å². The Balaban J connectivity index is 1.30. The van der Waals surface area contributed by atoms with Gasteiger partial charge in [-0.3, -0.25) is 19.1 Å². The van der Waals surface area contributed by atoms with Crippen molar-refractivity contribution < 1.29 is 18.8 Å². The molecule has 1 aliphatic heterocycles. The Labute approximate surface area is 256 Å². The van der Waals surface area contributed by atoms with Crippen LogP contribution >= 0.6 is 0 Å². The quantitative estimate of drug-likeness (QED) is 0.185. The van der Waals surface area contributed by atoms with E-state index in [1.165, 1.54) is 21.8 Å². The Kier molecular flexibility index (Phi) is 7.80. The second-order valence-corrected chi connectivity index (χ2v) is 11.0. The van der Waals surface area contributed by atoms with Gasteiger partial charge in [-0.25, -0.2) is 9.37 Å². The molecule has 2 N–H and O–H groups in total. The Morgan fingerprint density at radius 1 is 1.07 bits per heavy atom. The highest BCUT2D eigenvalue weighted by Gasteiger charge is 2.32. The number of tetrazole rings is 1. The fourth-order valence-electron chi connectivity index (χ4n) is 5.44. The van der Waals surface area contributed by atoms with Crippen molar-refractivity contribution in [3.05, 3.63) is 65.9 Å². The van der Waals surface area contributed by atoms with E-state index in [-0.39, 0.29) is 41.1 Å². The molecule has 15 nitrogen and oxygen atoms in total. The average molecular weight is 615 g/mol. The van der Waals surface area contributed by atoms with E-state index in [9.17, 15) is 14.4 Å². The Morgan fingerprint density at radius 3 is 2.47 bits per heavy atom. The van der Waals surface area contributed by atoms with Gasteiger partial charge in [-0.2, -0.15) is 9.78 Å². The number of para-hydroxylation sites is 1. The molecule has 0 atom stereocenters. The van der Waals surface area contributed by atoms with Crippen LogP contribution in [0.2, 0.25) is 0 Å². The number of ketones is 1. The number of halogens is 1. The summed E-state index contributed by atoms with van der Waals surface area (Å²) >= 11 is 0. The third-order valence-corrected chi connectivity index (χ3v) is 7.75. The van der Waals surface area contributed by atoms with E-state index in [0.29, 0.717) is 37.6 Å². The number of fused-ring (bicyclic) bond motifs is 1. The molecule has 0 saturated carbocycles. The lowest BCUT2D eigenvalue weighted by Gasteiger charge is -2.34. The van der Waals surface area contributed by atoms with Crippen molar-refractivity contribution in [3.63, 3.8) is 0 Å². The predicted molar refractivity (Wildman–Crippen MR) is 161 cm³/mol. The molecule has 0 spiro atoms. The summed E-state index contributed by atoms with van der Waals surface area (Å²) in [6.45, 7) is 2.19. The topological polar surface area (TPSA) is 166 Å². The SMILES string of the molecule is CN(C)CCn1cc(C(=O)C(=O)N2CCN(c3nnnn3-c3ccccc3)CC2)c2c(F)cnc(-c3cc(C(N)=O)n(C)n3)c21. The van der Waals surface area contributed by atoms with Crippen molar-refractivity contribution in [2.24, 2.45) is 12.8 Å². The minimum Gasteiger partial charge on any atom is -0.364 e. The summed E-state index contributed by atoms with van der Waals surface area (Å²) in [6.07, 6.45) is 2.48. The molecule has 0 unspecified atom stereocenters. The standard InChI is InChI=1S/C29H31FN12O3/c1-37(2)9-10-41-17-19(23-20(30)16-32-24(25(23)41)21-15-22(27(31)44)38(3)34-21)26(43)28(45)39-11-13-40(14-12-39)29-33-35-36-42(29)18-7-5-4-6-8-18/h4-8,15-17H,9-14H2,1-3H3,(H2,31,44). The van der Waals surface area contributed by atoms with Crippen molar-refractivity contribution in [3.8, 4) is 17.1 Å². The van der Waals surface area contributed by atoms with Crippen molar-refractivity contribution in [2.45, 2.75) is 6.54 Å². The second-order valence-electron chi connectivity index (χ2n) is 11.0. The number of carbonyl (C=O) groups excluding carboxylic acids is 3. The predicted octanol–water partition coefficient (Wildman–Crippen LogP) is 0.744. The summed E-state index contributed by atoms with van der Waals surface area (Å²) in [4.78, 5) is 48.8. The Bertz CT molecular complexity index is 1900. The number of nitrogens with two attached hydrogens (primary N) is 1. The number of likely N-dealkylation sites (N-methyl/N-ethyl adjacent to an activating group) is 1. The lowest BCUT2D eigenvalue weighted by Crippen LogP contribution is -2.51. The normalized spacial score (nSPS) is 13.6. The summed E-state index contributed by atoms with van der Waals surface area (Å²) in [7, 11) is 5.33. The first kappa shape index (κ1) is 29.6. The number of nitrogens with zero attached hydrogens (tertiary/aromatic N) is 11. The molecule has 45 heavy (non-hydrogen) atoms. The van der Waals surface area contributed by atoms with E-state index in [1.54, 1.807) is 16.3 Å². The minimum absolute atomic E-state index is 0.0379. The number of aryl methyl sites for hydroxylation is 1. The number of carbonyl (C=O) groups is 3. The molecule has 2 amide bonds. The van der Waals surface area contributed by atoms with Crippen LogP contribution in [0.5, 0.6) is 0 Å². The number of hydrogen-bond donors (Lipinski definition) is 1. The molecular weight excluding hydrogens is 583 g/mol. The van der Waals surface area contributed by atoms with E-state index in [1.807, 2.05) is 54.2 Å². The van der Waals surface area contributed by atoms with Crippen LogP contribution in [0.15, 0.2) is 48.8 Å². The van der Waals surface area contributed by atoms with Crippen molar-refractivity contribution in [2.75, 3.05) is 51.7 Å². The number of aromatic nitrogens is 8. The summed E-state index contributed by atoms with van der Waals surface area (Å²) in [5.41, 5.74) is 7.16. The maximum absolute atomic E-state index is 15.5. The van der Waals surface area contributed by atoms with E-state index >= 15 is 4.39 Å². The number of Topliss-reactive ketones (excluding diaryl/α,β-unsaturated/α-hetero) is 1. The van der Waals surface area contributed by atoms with Gasteiger partial charge in [-0.15, -0.1) is 0 Å². The van der Waals surface area contributed by atoms with E-state index in [0.717, 1.165) is 11.9 Å². The van der Waals surface area contributed by atoms with Crippen LogP contribution in [-0.2, 0) is 18.4 Å². The van der Waals surface area contributed by atoms with Gasteiger partial charge < -0.3 is 25.0 Å². The highest BCUT2D eigenvalue weighted by atomic mass is 19.1. The molecular formula is C29H31FN12O3. The van der Waals surface area contributed by atoms with Crippen molar-refractivity contribution in [1.82, 2.24) is 49.3 Å². The van der Waals surface area contributed by atoms with Gasteiger partial charge in [0.1, 0.15) is 17.1 Å². The summed E-state index contributed by atoms with van der Waals surface area (Å²) in [5, 5.41) is 16.4. The smallest absolute Gasteiger partial charge is 0.295 e. The zero-order valence-electron chi connectivity index (χ0n) is 25.0. The highest BCUT2D eigenvalue weighted by molar-refractivity contribution is 6.45. The zero-order chi connectivity index (χ0) is 31.8. The van der Waals surface area contributed by atoms with Gasteiger partial charge in [0.05, 0.1) is 28.4 Å². The molecule has 1 saturated heterocycles. The molecule has 1 aliphatic rings. The maximum atomic E-state index is 15.5. The molecule has 16 heteroatoms. The van der Waals surface area contributed by atoms with Gasteiger partial charge >= 0.3 is 0 Å². The number of amides is 2. The van der Waals surface area contributed by atoms with Crippen LogP contribution in [0.25, 0.3) is 28.0 Å². The molecule has 0 aliphatic carbocycles. The van der Waals surface area contributed by atoms with Crippen LogP contribution in [0, 0.1) is 5.82 Å². The monoisotopic (exact) mass is 614 g/mol. The fourth-order valence-corrected chi connectivity index (χ4v) is 5.44. The number of hydrogen-bond acceptors (Lipinski definition) is 10. The zero-order valence-corrected chi connectivity index (χ0v) is 25.0. The number of primary amides is 1. The summed E-state index contributed by atoms with van der Waals surface area (Å²) in [5.74, 6) is -2.48. The number of anilines is 1. The molecule has 0 bridgehead atoms. The van der Waals surface area contributed by atoms with Crippen LogP contribution in [0.1, 0.15) is 20.8 Å². The van der Waals surface area contributed by atoms with Crippen LogP contribution in [0.3, 0.4) is 0 Å². The second kappa shape index (κ2) is 11.9. The van der Waals surface area contributed by atoms with Gasteiger partial charge in [0.25, 0.3) is 17.6 Å². The maximum Gasteiger partial charge on any atom is 0.295 e. The third-order valence-electron chi connectivity index (χ3n) is 7.75. The molecule has 4 aromatic heterocycles. The van der Waals surface area contributed by atoms with Crippen molar-refractivity contribution in [1.29, 1.82) is 0 Å². The van der Waals surface area contributed by atoms with Crippen LogP contribution < -0.4 is 10.6 Å². The minimum atomic E-state index is -0.832. The number of piperazine rings is 1. The van der Waals surface area contributed by atoms with Gasteiger partial charge in [-0.1, -0.05) is 23.3 Å². The third kappa shape index (κ3) is 5.50. The first-order valence-corrected chi connectivity index (χ1v) is 14.2. The number of pyridine rings is 1. The van der Waals surface area contributed by atoms with Crippen LogP contribution in [-0.4, -0.2) is 114 Å². The molecule has 0 radical (unpaired) electrons. The summed E-state index contributed by atoms with van der Waals surface area (Å²) in [6, 6.07) is 10.9. The molecule has 5 aromatic rings. The number of rotatable bonds is 9. The first-order chi connectivity index (χ1) is 21.6. The van der Waals surface area contributed by atoms with E-state index in [2.05, 4.69) is 25.6 Å². The Morgan fingerprint density at radius 2 is 1.80 bits per heavy atom. The Hall–Kier alpha value is -5.51. The number of benzene rings is 1. The summed E-state index contributed by atoms with van der Waals surface area (Å²) < 4.78 is 20.2. The van der Waals surface area contributed by atoms with Gasteiger partial charge in [0, 0.05) is 52.5 Å². The van der Waals surface area contributed by atoms with E-state index in [4.69, 9.17) is 5.73 Å². The average Bonchev–Trinajstić information content (AvgIpc) is 3.78. The lowest BCUT2D eigenvalue weighted by atomic mass is 10.1. The molecule has 232 valence electrons. The molecule has 6 rings (SSSR count). The van der Waals surface area contributed by atoms with Crippen LogP contribution in [0.4, 0.5) is 10.3 Å². The largest absolute Gasteiger partial charge is 0.364 e. The highest BCUT2D eigenvalue weighted by Crippen LogP contribution is 2.33. The van der Waals surface area contributed by atoms with E-state index < -0.39 is 23.4 Å². The lowest BCUT2D eigenvalue weighted by molar-refractivity contribution is -0.126. The first-order valence-electron chi connectivity index (χ1n) is 14.2. The molecule has 5 heterocycles. The molecule has 1 aromatic carbocycles. The van der Waals surface area contributed by atoms with Gasteiger partial charge in [-0.05, 0) is 42.7 Å². The molecule has 1 fully saturated rings. The fraction of sp³-hybridized carbons (Fsp3) is 0.310. The van der Waals surface area contributed by atoms with Crippen molar-refractivity contribution >= 4 is 34.4 Å².